The van der Waals surface area contributed by atoms with E-state index in [-0.39, 0.29) is 24.2 Å². The average molecular weight is 382 g/mol. The first kappa shape index (κ1) is 19.8. The lowest BCUT2D eigenvalue weighted by molar-refractivity contribution is -0.123. The van der Waals surface area contributed by atoms with Crippen molar-refractivity contribution in [3.05, 3.63) is 42.2 Å². The number of aromatic nitrogens is 2. The van der Waals surface area contributed by atoms with Crippen molar-refractivity contribution in [1.29, 1.82) is 0 Å². The fourth-order valence-electron chi connectivity index (χ4n) is 3.28. The number of benzene rings is 1. The van der Waals surface area contributed by atoms with Crippen LogP contribution in [0.1, 0.15) is 37.7 Å². The van der Waals surface area contributed by atoms with Gasteiger partial charge in [0.2, 0.25) is 5.91 Å². The second kappa shape index (κ2) is 8.39. The lowest BCUT2D eigenvalue weighted by atomic mass is 10.0. The van der Waals surface area contributed by atoms with E-state index in [0.29, 0.717) is 12.3 Å². The number of aliphatic hydroxyl groups excluding tert-OH is 1. The Hall–Kier alpha value is -2.93. The third-order valence-corrected chi connectivity index (χ3v) is 4.69. The number of pyridine rings is 1. The second-order valence-electron chi connectivity index (χ2n) is 7.50. The Balaban J connectivity index is 1.71. The molecular formula is C21H26N4O3. The summed E-state index contributed by atoms with van der Waals surface area (Å²) < 4.78 is 0. The van der Waals surface area contributed by atoms with Crippen LogP contribution in [0.3, 0.4) is 0 Å². The molecule has 0 fully saturated rings. The van der Waals surface area contributed by atoms with Crippen LogP contribution >= 0.6 is 0 Å². The van der Waals surface area contributed by atoms with Crippen LogP contribution in [0.15, 0.2) is 36.5 Å². The number of para-hydroxylation sites is 1. The Morgan fingerprint density at radius 2 is 1.86 bits per heavy atom. The summed E-state index contributed by atoms with van der Waals surface area (Å²) in [5.74, 6) is -0.407. The normalized spacial score (nSPS) is 13.6. The molecule has 3 aromatic rings. The van der Waals surface area contributed by atoms with Gasteiger partial charge in [-0.2, -0.15) is 0 Å². The largest absolute Gasteiger partial charge is 0.394 e. The summed E-state index contributed by atoms with van der Waals surface area (Å²) in [5, 5.41) is 16.8. The van der Waals surface area contributed by atoms with Crippen molar-refractivity contribution >= 4 is 33.6 Å². The third kappa shape index (κ3) is 4.31. The van der Waals surface area contributed by atoms with Crippen molar-refractivity contribution < 1.29 is 14.7 Å². The Morgan fingerprint density at radius 3 is 2.57 bits per heavy atom. The van der Waals surface area contributed by atoms with E-state index in [1.165, 1.54) is 0 Å². The molecule has 0 aliphatic rings. The molecule has 1 aromatic carbocycles. The maximum atomic E-state index is 12.6. The van der Waals surface area contributed by atoms with E-state index in [1.54, 1.807) is 19.2 Å². The zero-order valence-electron chi connectivity index (χ0n) is 16.3. The molecule has 2 heterocycles. The monoisotopic (exact) mass is 382 g/mol. The van der Waals surface area contributed by atoms with Crippen LogP contribution in [0, 0.1) is 5.92 Å². The number of amides is 2. The topological polar surface area (TPSA) is 107 Å². The fourth-order valence-corrected chi connectivity index (χ4v) is 3.28. The smallest absolute Gasteiger partial charge is 0.270 e. The van der Waals surface area contributed by atoms with E-state index in [1.807, 2.05) is 38.1 Å². The van der Waals surface area contributed by atoms with E-state index in [4.69, 9.17) is 0 Å². The molecule has 0 bridgehead atoms. The van der Waals surface area contributed by atoms with Crippen LogP contribution < -0.4 is 10.6 Å². The summed E-state index contributed by atoms with van der Waals surface area (Å²) in [6.07, 6.45) is 2.29. The van der Waals surface area contributed by atoms with Crippen molar-refractivity contribution in [3.8, 4) is 0 Å². The van der Waals surface area contributed by atoms with E-state index >= 15 is 0 Å². The van der Waals surface area contributed by atoms with Crippen molar-refractivity contribution in [2.75, 3.05) is 6.61 Å². The molecule has 2 atom stereocenters. The zero-order valence-corrected chi connectivity index (χ0v) is 16.3. The zero-order chi connectivity index (χ0) is 20.3. The number of aromatic amines is 1. The van der Waals surface area contributed by atoms with Crippen molar-refractivity contribution in [3.63, 3.8) is 0 Å². The van der Waals surface area contributed by atoms with Crippen molar-refractivity contribution in [2.24, 2.45) is 5.92 Å². The molecule has 2 aromatic heterocycles. The molecule has 0 saturated carbocycles. The van der Waals surface area contributed by atoms with Crippen molar-refractivity contribution in [2.45, 2.75) is 39.3 Å². The molecule has 7 heteroatoms. The minimum Gasteiger partial charge on any atom is -0.394 e. The number of aliphatic hydroxyl groups is 1. The Kier molecular flexibility index (Phi) is 5.94. The fraction of sp³-hybridized carbons (Fsp3) is 0.381. The van der Waals surface area contributed by atoms with Gasteiger partial charge in [0, 0.05) is 16.3 Å². The number of hydrogen-bond donors (Lipinski definition) is 4. The van der Waals surface area contributed by atoms with Gasteiger partial charge < -0.3 is 20.7 Å². The van der Waals surface area contributed by atoms with Crippen LogP contribution in [0.4, 0.5) is 0 Å². The highest BCUT2D eigenvalue weighted by Gasteiger charge is 2.21. The summed E-state index contributed by atoms with van der Waals surface area (Å²) in [7, 11) is 0. The van der Waals surface area contributed by atoms with Crippen LogP contribution in [0.2, 0.25) is 0 Å². The number of hydrogen-bond acceptors (Lipinski definition) is 4. The van der Waals surface area contributed by atoms with Gasteiger partial charge in [0.05, 0.1) is 24.4 Å². The highest BCUT2D eigenvalue weighted by atomic mass is 16.3. The van der Waals surface area contributed by atoms with Gasteiger partial charge in [-0.3, -0.25) is 9.59 Å². The van der Waals surface area contributed by atoms with Gasteiger partial charge in [0.1, 0.15) is 11.7 Å². The summed E-state index contributed by atoms with van der Waals surface area (Å²) in [5.41, 5.74) is 2.07. The number of nitrogens with zero attached hydrogens (tertiary/aromatic N) is 1. The second-order valence-corrected chi connectivity index (χ2v) is 7.50. The van der Waals surface area contributed by atoms with E-state index in [9.17, 15) is 14.7 Å². The molecule has 7 nitrogen and oxygen atoms in total. The summed E-state index contributed by atoms with van der Waals surface area (Å²) in [6.45, 7) is 5.52. The van der Waals surface area contributed by atoms with E-state index in [0.717, 1.165) is 21.8 Å². The predicted molar refractivity (Wildman–Crippen MR) is 109 cm³/mol. The molecule has 28 heavy (non-hydrogen) atoms. The summed E-state index contributed by atoms with van der Waals surface area (Å²) in [6, 6.07) is 8.49. The predicted octanol–water partition coefficient (Wildman–Crippen LogP) is 2.36. The number of H-pyrrole nitrogens is 1. The van der Waals surface area contributed by atoms with Gasteiger partial charge in [0.25, 0.3) is 5.91 Å². The number of carbonyl (C=O) groups is 2. The minimum atomic E-state index is -0.742. The average Bonchev–Trinajstić information content (AvgIpc) is 3.04. The van der Waals surface area contributed by atoms with Gasteiger partial charge in [-0.15, -0.1) is 0 Å². The van der Waals surface area contributed by atoms with Gasteiger partial charge in [-0.05, 0) is 31.4 Å². The third-order valence-electron chi connectivity index (χ3n) is 4.69. The summed E-state index contributed by atoms with van der Waals surface area (Å²) in [4.78, 5) is 32.4. The minimum absolute atomic E-state index is 0.136. The Bertz CT molecular complexity index is 996. The number of rotatable bonds is 7. The molecule has 0 radical (unpaired) electrons. The van der Waals surface area contributed by atoms with Crippen LogP contribution in [-0.4, -0.2) is 45.6 Å². The molecule has 4 N–H and O–H groups in total. The lowest BCUT2D eigenvalue weighted by Crippen LogP contribution is -2.49. The molecule has 0 aliphatic heterocycles. The molecule has 0 saturated heterocycles. The molecule has 0 spiro atoms. The maximum absolute atomic E-state index is 12.6. The van der Waals surface area contributed by atoms with Gasteiger partial charge >= 0.3 is 0 Å². The Morgan fingerprint density at radius 1 is 1.11 bits per heavy atom. The van der Waals surface area contributed by atoms with Crippen molar-refractivity contribution in [1.82, 2.24) is 20.6 Å². The highest BCUT2D eigenvalue weighted by molar-refractivity contribution is 6.09. The number of carbonyl (C=O) groups excluding carboxylic acids is 2. The SMILES string of the molecule is CC(C)CC(CO)NC(=O)C(C)NC(=O)c1cc2c(cn1)[nH]c1ccccc12. The van der Waals surface area contributed by atoms with Crippen LogP contribution in [0.5, 0.6) is 0 Å². The standard InChI is InChI=1S/C21H26N4O3/c1-12(2)8-14(11-26)24-20(27)13(3)23-21(28)18-9-16-15-6-4-5-7-17(15)25-19(16)10-22-18/h4-7,9-10,12-14,25-26H,8,11H2,1-3H3,(H,23,28)(H,24,27). The highest BCUT2D eigenvalue weighted by Crippen LogP contribution is 2.24. The Labute approximate surface area is 163 Å². The van der Waals surface area contributed by atoms with Gasteiger partial charge in [-0.1, -0.05) is 32.0 Å². The van der Waals surface area contributed by atoms with Gasteiger partial charge in [0.15, 0.2) is 0 Å². The van der Waals surface area contributed by atoms with Crippen LogP contribution in [0.25, 0.3) is 21.8 Å². The van der Waals surface area contributed by atoms with Gasteiger partial charge in [-0.25, -0.2) is 4.98 Å². The quantitative estimate of drug-likeness (QED) is 0.503. The van der Waals surface area contributed by atoms with E-state index < -0.39 is 11.9 Å². The summed E-state index contributed by atoms with van der Waals surface area (Å²) >= 11 is 0. The van der Waals surface area contributed by atoms with E-state index in [2.05, 4.69) is 20.6 Å². The first-order valence-electron chi connectivity index (χ1n) is 9.47. The maximum Gasteiger partial charge on any atom is 0.270 e. The molecule has 2 unspecified atom stereocenters. The molecule has 2 amide bonds. The van der Waals surface area contributed by atoms with Crippen LogP contribution in [-0.2, 0) is 4.79 Å². The first-order chi connectivity index (χ1) is 13.4. The molecule has 148 valence electrons. The number of nitrogens with one attached hydrogen (secondary N) is 3. The first-order valence-corrected chi connectivity index (χ1v) is 9.47. The molecule has 3 rings (SSSR count). The molecular weight excluding hydrogens is 356 g/mol. The lowest BCUT2D eigenvalue weighted by Gasteiger charge is -2.21. The molecule has 0 aliphatic carbocycles. The number of fused-ring (bicyclic) bond motifs is 3.